The number of esters is 1. The third kappa shape index (κ3) is 3.74. The van der Waals surface area contributed by atoms with E-state index in [1.54, 1.807) is 0 Å². The van der Waals surface area contributed by atoms with Gasteiger partial charge in [0.25, 0.3) is 0 Å². The summed E-state index contributed by atoms with van der Waals surface area (Å²) in [5.74, 6) is -0.501. The van der Waals surface area contributed by atoms with Crippen molar-refractivity contribution in [3.8, 4) is 0 Å². The molecule has 0 amide bonds. The molecule has 4 heteroatoms. The van der Waals surface area contributed by atoms with Gasteiger partial charge in [0.1, 0.15) is 0 Å². The summed E-state index contributed by atoms with van der Waals surface area (Å²) in [7, 11) is 1.28. The van der Waals surface area contributed by atoms with Crippen molar-refractivity contribution in [1.29, 1.82) is 0 Å². The zero-order chi connectivity index (χ0) is 9.72. The highest BCUT2D eigenvalue weighted by molar-refractivity contribution is 9.12. The fourth-order valence-corrected chi connectivity index (χ4v) is 0.900. The molecule has 0 aromatic heterocycles. The van der Waals surface area contributed by atoms with Gasteiger partial charge in [-0.3, -0.25) is 0 Å². The normalized spacial score (nSPS) is 10.8. The van der Waals surface area contributed by atoms with Crippen LogP contribution in [0.3, 0.4) is 0 Å². The molecule has 2 nitrogen and oxygen atoms in total. The lowest BCUT2D eigenvalue weighted by Crippen LogP contribution is -2.04. The molecule has 0 saturated heterocycles. The number of methoxy groups -OCH3 is 1. The molecular formula is C8H8BrClO2. The van der Waals surface area contributed by atoms with Crippen LogP contribution >= 0.6 is 27.5 Å². The van der Waals surface area contributed by atoms with Crippen LogP contribution in [-0.4, -0.2) is 13.1 Å². The minimum Gasteiger partial charge on any atom is -0.465 e. The maximum Gasteiger partial charge on any atom is 0.339 e. The molecule has 0 bridgehead atoms. The predicted molar refractivity (Wildman–Crippen MR) is 53.2 cm³/mol. The van der Waals surface area contributed by atoms with Crippen LogP contribution in [0.15, 0.2) is 34.3 Å². The second-order valence-electron chi connectivity index (χ2n) is 1.90. The Hall–Kier alpha value is -0.540. The highest BCUT2D eigenvalue weighted by atomic mass is 79.9. The van der Waals surface area contributed by atoms with E-state index in [-0.39, 0.29) is 10.6 Å². The van der Waals surface area contributed by atoms with Gasteiger partial charge in [-0.1, -0.05) is 40.7 Å². The van der Waals surface area contributed by atoms with Gasteiger partial charge in [0, 0.05) is 9.51 Å². The first-order chi connectivity index (χ1) is 5.49. The van der Waals surface area contributed by atoms with E-state index in [1.165, 1.54) is 13.2 Å². The molecule has 0 aliphatic carbocycles. The summed E-state index contributed by atoms with van der Waals surface area (Å²) in [5.41, 5.74) is 0.262. The number of allylic oxidation sites excluding steroid dienone is 2. The van der Waals surface area contributed by atoms with E-state index in [9.17, 15) is 4.79 Å². The molecular weight excluding hydrogens is 243 g/mol. The first-order valence-electron chi connectivity index (χ1n) is 2.98. The highest BCUT2D eigenvalue weighted by Crippen LogP contribution is 2.18. The SMILES string of the molecule is C=C(Cl)/C=C(\C(=C)Br)C(=O)OC. The molecule has 0 aromatic carbocycles. The zero-order valence-electron chi connectivity index (χ0n) is 6.56. The molecule has 0 radical (unpaired) electrons. The van der Waals surface area contributed by atoms with Gasteiger partial charge in [-0.25, -0.2) is 4.79 Å². The van der Waals surface area contributed by atoms with Crippen molar-refractivity contribution < 1.29 is 9.53 Å². The summed E-state index contributed by atoms with van der Waals surface area (Å²) < 4.78 is 4.89. The highest BCUT2D eigenvalue weighted by Gasteiger charge is 2.10. The Labute approximate surface area is 84.7 Å². The maximum absolute atomic E-state index is 11.0. The monoisotopic (exact) mass is 250 g/mol. The van der Waals surface area contributed by atoms with Crippen LogP contribution in [0.1, 0.15) is 0 Å². The van der Waals surface area contributed by atoms with Crippen molar-refractivity contribution in [2.45, 2.75) is 0 Å². The predicted octanol–water partition coefficient (Wildman–Crippen LogP) is 2.75. The van der Waals surface area contributed by atoms with Gasteiger partial charge in [0.05, 0.1) is 12.7 Å². The van der Waals surface area contributed by atoms with Crippen LogP contribution in [0.5, 0.6) is 0 Å². The zero-order valence-corrected chi connectivity index (χ0v) is 8.91. The summed E-state index contributed by atoms with van der Waals surface area (Å²) in [6.45, 7) is 6.94. The van der Waals surface area contributed by atoms with Gasteiger partial charge in [-0.05, 0) is 6.08 Å². The van der Waals surface area contributed by atoms with Crippen LogP contribution in [0.2, 0.25) is 0 Å². The van der Waals surface area contributed by atoms with Crippen LogP contribution in [0, 0.1) is 0 Å². The Morgan fingerprint density at radius 1 is 1.58 bits per heavy atom. The molecule has 0 unspecified atom stereocenters. The van der Waals surface area contributed by atoms with Crippen LogP contribution in [0.25, 0.3) is 0 Å². The number of carbonyl (C=O) groups excluding carboxylic acids is 1. The molecule has 0 aliphatic heterocycles. The van der Waals surface area contributed by atoms with Crippen molar-refractivity contribution in [1.82, 2.24) is 0 Å². The minimum atomic E-state index is -0.501. The summed E-state index contributed by atoms with van der Waals surface area (Å²) >= 11 is 8.52. The van der Waals surface area contributed by atoms with Crippen LogP contribution in [-0.2, 0) is 9.53 Å². The average molecular weight is 252 g/mol. The fourth-order valence-electron chi connectivity index (χ4n) is 0.515. The molecule has 0 N–H and O–H groups in total. The van der Waals surface area contributed by atoms with E-state index in [0.29, 0.717) is 4.48 Å². The Morgan fingerprint density at radius 2 is 2.08 bits per heavy atom. The third-order valence-electron chi connectivity index (χ3n) is 0.999. The van der Waals surface area contributed by atoms with Crippen molar-refractivity contribution in [2.24, 2.45) is 0 Å². The number of hydrogen-bond donors (Lipinski definition) is 0. The van der Waals surface area contributed by atoms with E-state index in [2.05, 4.69) is 33.8 Å². The largest absolute Gasteiger partial charge is 0.465 e. The van der Waals surface area contributed by atoms with Crippen molar-refractivity contribution in [3.63, 3.8) is 0 Å². The van der Waals surface area contributed by atoms with Crippen LogP contribution in [0.4, 0.5) is 0 Å². The maximum atomic E-state index is 11.0. The summed E-state index contributed by atoms with van der Waals surface area (Å²) in [6.07, 6.45) is 1.38. The van der Waals surface area contributed by atoms with Gasteiger partial charge in [-0.2, -0.15) is 0 Å². The third-order valence-corrected chi connectivity index (χ3v) is 1.53. The Bertz CT molecular complexity index is 256. The summed E-state index contributed by atoms with van der Waals surface area (Å²) in [6, 6.07) is 0. The Morgan fingerprint density at radius 3 is 2.33 bits per heavy atom. The molecule has 0 spiro atoms. The molecule has 66 valence electrons. The lowest BCUT2D eigenvalue weighted by atomic mass is 10.2. The van der Waals surface area contributed by atoms with Gasteiger partial charge >= 0.3 is 5.97 Å². The van der Waals surface area contributed by atoms with Crippen molar-refractivity contribution in [2.75, 3.05) is 7.11 Å². The molecule has 0 aliphatic rings. The number of ether oxygens (including phenoxy) is 1. The van der Waals surface area contributed by atoms with E-state index in [1.807, 2.05) is 0 Å². The number of hydrogen-bond acceptors (Lipinski definition) is 2. The minimum absolute atomic E-state index is 0.246. The van der Waals surface area contributed by atoms with E-state index in [4.69, 9.17) is 11.6 Å². The van der Waals surface area contributed by atoms with E-state index < -0.39 is 5.97 Å². The average Bonchev–Trinajstić information content (AvgIpc) is 1.98. The number of carbonyl (C=O) groups is 1. The molecule has 0 fully saturated rings. The quantitative estimate of drug-likeness (QED) is 0.438. The molecule has 12 heavy (non-hydrogen) atoms. The number of halogens is 2. The first kappa shape index (κ1) is 11.5. The van der Waals surface area contributed by atoms with Gasteiger partial charge in [0.2, 0.25) is 0 Å². The summed E-state index contributed by atoms with van der Waals surface area (Å²) in [4.78, 5) is 11.0. The number of rotatable bonds is 3. The van der Waals surface area contributed by atoms with E-state index in [0.717, 1.165) is 0 Å². The van der Waals surface area contributed by atoms with Gasteiger partial charge in [0.15, 0.2) is 0 Å². The lowest BCUT2D eigenvalue weighted by Gasteiger charge is -2.01. The first-order valence-corrected chi connectivity index (χ1v) is 4.15. The molecule has 0 rings (SSSR count). The summed E-state index contributed by atoms with van der Waals surface area (Å²) in [5, 5.41) is 0.246. The smallest absolute Gasteiger partial charge is 0.339 e. The standard InChI is InChI=1S/C8H8BrClO2/c1-5(10)4-7(6(2)9)8(11)12-3/h4H,1-2H2,3H3/b7-4+. The van der Waals surface area contributed by atoms with Crippen LogP contribution < -0.4 is 0 Å². The van der Waals surface area contributed by atoms with Gasteiger partial charge < -0.3 is 4.74 Å². The topological polar surface area (TPSA) is 26.3 Å². The molecule has 0 heterocycles. The Kier molecular flexibility index (Phi) is 4.93. The van der Waals surface area contributed by atoms with E-state index >= 15 is 0 Å². The molecule has 0 aromatic rings. The second-order valence-corrected chi connectivity index (χ2v) is 3.34. The molecule has 0 atom stereocenters. The Balaban J connectivity index is 4.79. The van der Waals surface area contributed by atoms with Crippen molar-refractivity contribution in [3.05, 3.63) is 34.3 Å². The lowest BCUT2D eigenvalue weighted by molar-refractivity contribution is -0.135. The van der Waals surface area contributed by atoms with Gasteiger partial charge in [-0.15, -0.1) is 0 Å². The molecule has 0 saturated carbocycles. The van der Waals surface area contributed by atoms with Crippen molar-refractivity contribution >= 4 is 33.5 Å². The second kappa shape index (κ2) is 5.17. The fraction of sp³-hybridized carbons (Fsp3) is 0.125.